The number of urea groups is 1. The number of carbonyl (C=O) groups excluding carboxylic acids is 1. The molecule has 3 N–H and O–H groups in total. The Hall–Kier alpha value is -1.37. The Morgan fingerprint density at radius 2 is 2.15 bits per heavy atom. The van der Waals surface area contributed by atoms with Crippen LogP contribution in [0.15, 0.2) is 16.5 Å². The molecule has 27 heavy (non-hydrogen) atoms. The number of furan rings is 1. The monoisotopic (exact) mass is 405 g/mol. The lowest BCUT2D eigenvalue weighted by molar-refractivity contribution is 0.209. The molecular weight excluding hydrogens is 382 g/mol. The van der Waals surface area contributed by atoms with E-state index in [9.17, 15) is 4.79 Å². The highest BCUT2D eigenvalue weighted by atomic mass is 35.5. The Morgan fingerprint density at radius 3 is 2.93 bits per heavy atom. The highest BCUT2D eigenvalue weighted by Crippen LogP contribution is 2.48. The van der Waals surface area contributed by atoms with E-state index in [0.29, 0.717) is 11.1 Å². The summed E-state index contributed by atoms with van der Waals surface area (Å²) in [6.07, 6.45) is 6.47. The van der Waals surface area contributed by atoms with Gasteiger partial charge in [0.25, 0.3) is 0 Å². The third-order valence-corrected chi connectivity index (χ3v) is 7.54. The van der Waals surface area contributed by atoms with Crippen LogP contribution >= 0.6 is 23.4 Å². The predicted octanol–water partition coefficient (Wildman–Crippen LogP) is 4.98. The third kappa shape index (κ3) is 3.12. The second-order valence-electron chi connectivity index (χ2n) is 7.90. The van der Waals surface area contributed by atoms with Gasteiger partial charge < -0.3 is 20.4 Å². The molecule has 1 atom stereocenters. The van der Waals surface area contributed by atoms with Crippen molar-refractivity contribution < 1.29 is 9.21 Å². The molecule has 2 aromatic rings. The molecule has 144 valence electrons. The van der Waals surface area contributed by atoms with Crippen LogP contribution in [-0.4, -0.2) is 23.6 Å². The lowest BCUT2D eigenvalue weighted by Crippen LogP contribution is -2.52. The van der Waals surface area contributed by atoms with Crippen molar-refractivity contribution in [2.75, 3.05) is 16.8 Å². The second kappa shape index (κ2) is 6.90. The van der Waals surface area contributed by atoms with Crippen molar-refractivity contribution in [3.8, 4) is 0 Å². The molecule has 0 radical (unpaired) electrons. The molecule has 1 saturated carbocycles. The number of anilines is 1. The van der Waals surface area contributed by atoms with Crippen molar-refractivity contribution in [1.29, 1.82) is 0 Å². The highest BCUT2D eigenvalue weighted by molar-refractivity contribution is 7.99. The number of carbonyl (C=O) groups is 1. The molecule has 2 aliphatic heterocycles. The average Bonchev–Trinajstić information content (AvgIpc) is 3.30. The third-order valence-electron chi connectivity index (χ3n) is 6.08. The zero-order valence-electron chi connectivity index (χ0n) is 15.2. The SMILES string of the molecule is O=C1Nc2c(Cl)cc3cc(CNC4CCSC4)oc3c2C2(CCCCC2)N1. The molecule has 1 aliphatic carbocycles. The van der Waals surface area contributed by atoms with Gasteiger partial charge in [0, 0.05) is 22.7 Å². The zero-order chi connectivity index (χ0) is 18.4. The minimum Gasteiger partial charge on any atom is -0.459 e. The van der Waals surface area contributed by atoms with E-state index in [1.807, 2.05) is 17.8 Å². The van der Waals surface area contributed by atoms with Gasteiger partial charge in [0.05, 0.1) is 22.8 Å². The molecule has 1 aromatic heterocycles. The molecule has 3 aliphatic rings. The molecule has 1 aromatic carbocycles. The van der Waals surface area contributed by atoms with Gasteiger partial charge in [-0.25, -0.2) is 4.79 Å². The summed E-state index contributed by atoms with van der Waals surface area (Å²) in [5, 5.41) is 11.3. The first-order valence-corrected chi connectivity index (χ1v) is 11.3. The molecule has 2 amide bonds. The van der Waals surface area contributed by atoms with Crippen molar-refractivity contribution >= 4 is 46.1 Å². The minimum atomic E-state index is -0.371. The molecule has 7 heteroatoms. The zero-order valence-corrected chi connectivity index (χ0v) is 16.8. The van der Waals surface area contributed by atoms with Gasteiger partial charge in [0.1, 0.15) is 11.3 Å². The molecule has 1 unspecified atom stereocenters. The quantitative estimate of drug-likeness (QED) is 0.674. The summed E-state index contributed by atoms with van der Waals surface area (Å²) in [7, 11) is 0. The van der Waals surface area contributed by atoms with Crippen molar-refractivity contribution in [2.45, 2.75) is 56.7 Å². The summed E-state index contributed by atoms with van der Waals surface area (Å²) in [6.45, 7) is 0.721. The molecule has 0 bridgehead atoms. The van der Waals surface area contributed by atoms with E-state index in [0.717, 1.165) is 60.2 Å². The lowest BCUT2D eigenvalue weighted by Gasteiger charge is -2.42. The van der Waals surface area contributed by atoms with Crippen LogP contribution in [0.25, 0.3) is 11.0 Å². The summed E-state index contributed by atoms with van der Waals surface area (Å²) in [6, 6.07) is 4.39. The average molecular weight is 406 g/mol. The first-order chi connectivity index (χ1) is 13.1. The number of fused-ring (bicyclic) bond motifs is 4. The molecule has 5 rings (SSSR count). The number of nitrogens with one attached hydrogen (secondary N) is 3. The maximum absolute atomic E-state index is 12.3. The molecule has 2 fully saturated rings. The van der Waals surface area contributed by atoms with E-state index in [1.165, 1.54) is 24.3 Å². The fourth-order valence-corrected chi connectivity index (χ4v) is 6.21. The Bertz CT molecular complexity index is 885. The van der Waals surface area contributed by atoms with Crippen LogP contribution in [0.1, 0.15) is 49.8 Å². The Morgan fingerprint density at radius 1 is 1.30 bits per heavy atom. The van der Waals surface area contributed by atoms with Crippen LogP contribution < -0.4 is 16.0 Å². The van der Waals surface area contributed by atoms with Crippen molar-refractivity contribution in [2.24, 2.45) is 0 Å². The summed E-state index contributed by atoms with van der Waals surface area (Å²) in [5.74, 6) is 3.32. The van der Waals surface area contributed by atoms with Gasteiger partial charge in [0.15, 0.2) is 0 Å². The van der Waals surface area contributed by atoms with Crippen molar-refractivity contribution in [3.63, 3.8) is 0 Å². The number of halogens is 1. The highest BCUT2D eigenvalue weighted by Gasteiger charge is 2.43. The van der Waals surface area contributed by atoms with Crippen molar-refractivity contribution in [1.82, 2.24) is 10.6 Å². The smallest absolute Gasteiger partial charge is 0.319 e. The van der Waals surface area contributed by atoms with Gasteiger partial charge in [-0.2, -0.15) is 11.8 Å². The molecular formula is C20H24ClN3O2S. The Kier molecular flexibility index (Phi) is 4.53. The van der Waals surface area contributed by atoms with E-state index >= 15 is 0 Å². The summed E-state index contributed by atoms with van der Waals surface area (Å²) < 4.78 is 6.32. The first kappa shape index (κ1) is 17.7. The van der Waals surface area contributed by atoms with Crippen LogP contribution in [0.5, 0.6) is 0 Å². The van der Waals surface area contributed by atoms with Crippen LogP contribution in [0.2, 0.25) is 5.02 Å². The number of amides is 2. The van der Waals surface area contributed by atoms with E-state index in [2.05, 4.69) is 22.0 Å². The van der Waals surface area contributed by atoms with Gasteiger partial charge in [0.2, 0.25) is 0 Å². The summed E-state index contributed by atoms with van der Waals surface area (Å²) in [5.41, 5.74) is 2.24. The number of hydrogen-bond donors (Lipinski definition) is 3. The second-order valence-corrected chi connectivity index (χ2v) is 9.46. The maximum Gasteiger partial charge on any atom is 0.319 e. The number of hydrogen-bond acceptors (Lipinski definition) is 4. The molecule has 1 spiro atoms. The van der Waals surface area contributed by atoms with Crippen LogP contribution in [0.3, 0.4) is 0 Å². The van der Waals surface area contributed by atoms with Gasteiger partial charge in [-0.15, -0.1) is 0 Å². The van der Waals surface area contributed by atoms with E-state index in [-0.39, 0.29) is 11.6 Å². The van der Waals surface area contributed by atoms with Crippen LogP contribution in [0.4, 0.5) is 10.5 Å². The minimum absolute atomic E-state index is 0.169. The largest absolute Gasteiger partial charge is 0.459 e. The molecule has 1 saturated heterocycles. The van der Waals surface area contributed by atoms with Gasteiger partial charge in [-0.1, -0.05) is 30.9 Å². The number of benzene rings is 1. The number of rotatable bonds is 3. The normalized spacial score (nSPS) is 24.0. The lowest BCUT2D eigenvalue weighted by atomic mass is 9.74. The van der Waals surface area contributed by atoms with Gasteiger partial charge in [-0.3, -0.25) is 0 Å². The van der Waals surface area contributed by atoms with Gasteiger partial charge in [-0.05, 0) is 37.1 Å². The topological polar surface area (TPSA) is 66.3 Å². The Labute approximate surface area is 168 Å². The van der Waals surface area contributed by atoms with Gasteiger partial charge >= 0.3 is 6.03 Å². The summed E-state index contributed by atoms with van der Waals surface area (Å²) >= 11 is 8.57. The fourth-order valence-electron chi connectivity index (χ4n) is 4.76. The maximum atomic E-state index is 12.3. The van der Waals surface area contributed by atoms with Crippen LogP contribution in [0, 0.1) is 0 Å². The van der Waals surface area contributed by atoms with E-state index in [1.54, 1.807) is 0 Å². The van der Waals surface area contributed by atoms with E-state index < -0.39 is 0 Å². The molecule has 3 heterocycles. The van der Waals surface area contributed by atoms with Crippen LogP contribution in [-0.2, 0) is 12.1 Å². The standard InChI is InChI=1S/C20H24ClN3O2S/c21-15-9-12-8-14(10-22-13-4-7-27-11-13)26-18(12)16-17(15)23-19(25)24-20(16)5-2-1-3-6-20/h8-9,13,22H,1-7,10-11H2,(H2,23,24,25). The Balaban J connectivity index is 1.56. The van der Waals surface area contributed by atoms with E-state index in [4.69, 9.17) is 16.0 Å². The van der Waals surface area contributed by atoms with Crippen molar-refractivity contribution in [3.05, 3.63) is 28.5 Å². The fraction of sp³-hybridized carbons (Fsp3) is 0.550. The summed E-state index contributed by atoms with van der Waals surface area (Å²) in [4.78, 5) is 12.3. The first-order valence-electron chi connectivity index (χ1n) is 9.80. The molecule has 5 nitrogen and oxygen atoms in total. The number of thioether (sulfide) groups is 1. The predicted molar refractivity (Wildman–Crippen MR) is 111 cm³/mol.